The van der Waals surface area contributed by atoms with Gasteiger partial charge < -0.3 is 16.0 Å². The average Bonchev–Trinajstić information content (AvgIpc) is 3.27. The van der Waals surface area contributed by atoms with Gasteiger partial charge in [-0.1, -0.05) is 13.8 Å². The number of aromatic nitrogens is 1. The number of Topliss-reactive ketones (excluding diaryl/α,β-unsaturated/α-hetero) is 1. The molecule has 3 rings (SSSR count). The van der Waals surface area contributed by atoms with Gasteiger partial charge in [-0.15, -0.1) is 0 Å². The lowest BCUT2D eigenvalue weighted by Crippen LogP contribution is -2.41. The van der Waals surface area contributed by atoms with E-state index in [4.69, 9.17) is 5.73 Å². The van der Waals surface area contributed by atoms with Crippen LogP contribution in [-0.2, 0) is 6.42 Å². The lowest BCUT2D eigenvalue weighted by atomic mass is 9.75. The number of carbonyl (C=O) groups excluding carboxylic acids is 2. The topological polar surface area (TPSA) is 105 Å². The number of amides is 1. The molecule has 124 valence electrons. The Kier molecular flexibility index (Phi) is 3.88. The largest absolute Gasteiger partial charge is 0.350 e. The highest BCUT2D eigenvalue weighted by molar-refractivity contribution is 6.02. The van der Waals surface area contributed by atoms with Gasteiger partial charge in [0.05, 0.1) is 0 Å². The maximum Gasteiger partial charge on any atom is 0.261 e. The molecule has 1 unspecified atom stereocenters. The SMILES string of the molecule is CC1(C)CC(=O)c2cc(C(=O)NCC(N)C3CC3)c(=O)[nH]c2C1. The van der Waals surface area contributed by atoms with Crippen molar-refractivity contribution in [1.82, 2.24) is 10.3 Å². The predicted molar refractivity (Wildman–Crippen MR) is 86.5 cm³/mol. The summed E-state index contributed by atoms with van der Waals surface area (Å²) >= 11 is 0. The first-order valence-corrected chi connectivity index (χ1v) is 8.10. The summed E-state index contributed by atoms with van der Waals surface area (Å²) < 4.78 is 0. The van der Waals surface area contributed by atoms with Gasteiger partial charge in [0.15, 0.2) is 5.78 Å². The fourth-order valence-electron chi connectivity index (χ4n) is 3.19. The molecule has 0 aromatic carbocycles. The highest BCUT2D eigenvalue weighted by atomic mass is 16.2. The van der Waals surface area contributed by atoms with Crippen LogP contribution in [0.15, 0.2) is 10.9 Å². The van der Waals surface area contributed by atoms with Gasteiger partial charge in [-0.05, 0) is 36.7 Å². The van der Waals surface area contributed by atoms with E-state index in [-0.39, 0.29) is 22.8 Å². The van der Waals surface area contributed by atoms with Gasteiger partial charge in [-0.2, -0.15) is 0 Å². The fourth-order valence-corrected chi connectivity index (χ4v) is 3.19. The molecule has 2 aliphatic rings. The summed E-state index contributed by atoms with van der Waals surface area (Å²) in [6, 6.07) is 1.36. The van der Waals surface area contributed by atoms with Gasteiger partial charge in [-0.3, -0.25) is 14.4 Å². The van der Waals surface area contributed by atoms with Crippen molar-refractivity contribution in [3.05, 3.63) is 33.2 Å². The molecule has 0 spiro atoms. The molecule has 1 aromatic rings. The Labute approximate surface area is 134 Å². The monoisotopic (exact) mass is 317 g/mol. The molecule has 6 heteroatoms. The number of fused-ring (bicyclic) bond motifs is 1. The zero-order chi connectivity index (χ0) is 16.8. The Morgan fingerprint density at radius 2 is 2.09 bits per heavy atom. The van der Waals surface area contributed by atoms with E-state index in [0.29, 0.717) is 36.6 Å². The number of ketones is 1. The molecule has 1 aromatic heterocycles. The van der Waals surface area contributed by atoms with Crippen molar-refractivity contribution in [2.45, 2.75) is 45.6 Å². The molecule has 1 atom stereocenters. The number of nitrogens with one attached hydrogen (secondary N) is 2. The number of hydrogen-bond acceptors (Lipinski definition) is 4. The van der Waals surface area contributed by atoms with Crippen LogP contribution in [0, 0.1) is 11.3 Å². The third-order valence-corrected chi connectivity index (χ3v) is 4.69. The van der Waals surface area contributed by atoms with E-state index in [0.717, 1.165) is 12.8 Å². The van der Waals surface area contributed by atoms with Gasteiger partial charge in [0.1, 0.15) is 5.56 Å². The maximum absolute atomic E-state index is 12.3. The van der Waals surface area contributed by atoms with E-state index in [2.05, 4.69) is 10.3 Å². The third-order valence-electron chi connectivity index (χ3n) is 4.69. The summed E-state index contributed by atoms with van der Waals surface area (Å²) in [6.07, 6.45) is 3.24. The average molecular weight is 317 g/mol. The van der Waals surface area contributed by atoms with Crippen molar-refractivity contribution in [1.29, 1.82) is 0 Å². The highest BCUT2D eigenvalue weighted by Gasteiger charge is 2.33. The fraction of sp³-hybridized carbons (Fsp3) is 0.588. The van der Waals surface area contributed by atoms with Gasteiger partial charge in [0.2, 0.25) is 0 Å². The summed E-state index contributed by atoms with van der Waals surface area (Å²) in [5.74, 6) is -0.0278. The smallest absolute Gasteiger partial charge is 0.261 e. The van der Waals surface area contributed by atoms with E-state index < -0.39 is 11.5 Å². The quantitative estimate of drug-likeness (QED) is 0.770. The van der Waals surface area contributed by atoms with Gasteiger partial charge in [0.25, 0.3) is 11.5 Å². The molecular weight excluding hydrogens is 294 g/mol. The van der Waals surface area contributed by atoms with Crippen LogP contribution in [0.4, 0.5) is 0 Å². The zero-order valence-corrected chi connectivity index (χ0v) is 13.6. The van der Waals surface area contributed by atoms with Crippen molar-refractivity contribution in [3.63, 3.8) is 0 Å². The number of rotatable bonds is 4. The van der Waals surface area contributed by atoms with Gasteiger partial charge in [0, 0.05) is 30.3 Å². The van der Waals surface area contributed by atoms with Crippen LogP contribution in [0.25, 0.3) is 0 Å². The molecule has 2 aliphatic carbocycles. The Bertz CT molecular complexity index is 716. The Hall–Kier alpha value is -1.95. The molecule has 0 saturated heterocycles. The molecule has 1 heterocycles. The summed E-state index contributed by atoms with van der Waals surface area (Å²) in [6.45, 7) is 4.33. The van der Waals surface area contributed by atoms with Crippen molar-refractivity contribution >= 4 is 11.7 Å². The molecule has 0 aliphatic heterocycles. The van der Waals surface area contributed by atoms with Crippen molar-refractivity contribution < 1.29 is 9.59 Å². The van der Waals surface area contributed by atoms with Crippen LogP contribution in [0.2, 0.25) is 0 Å². The lowest BCUT2D eigenvalue weighted by Gasteiger charge is -2.29. The first kappa shape index (κ1) is 15.9. The lowest BCUT2D eigenvalue weighted by molar-refractivity contribution is 0.0910. The molecule has 23 heavy (non-hydrogen) atoms. The predicted octanol–water partition coefficient (Wildman–Crippen LogP) is 0.997. The molecule has 6 nitrogen and oxygen atoms in total. The van der Waals surface area contributed by atoms with Crippen LogP contribution in [0.5, 0.6) is 0 Å². The summed E-state index contributed by atoms with van der Waals surface area (Å²) in [4.78, 5) is 39.4. The second-order valence-corrected chi connectivity index (χ2v) is 7.56. The minimum atomic E-state index is -0.470. The molecule has 0 radical (unpaired) electrons. The number of H-pyrrole nitrogens is 1. The van der Waals surface area contributed by atoms with Gasteiger partial charge >= 0.3 is 0 Å². The van der Waals surface area contributed by atoms with Crippen LogP contribution in [0.1, 0.15) is 59.5 Å². The summed E-state index contributed by atoms with van der Waals surface area (Å²) in [7, 11) is 0. The highest BCUT2D eigenvalue weighted by Crippen LogP contribution is 2.33. The molecule has 0 bridgehead atoms. The number of aromatic amines is 1. The van der Waals surface area contributed by atoms with Crippen LogP contribution in [0.3, 0.4) is 0 Å². The third kappa shape index (κ3) is 3.37. The molecule has 1 amide bonds. The van der Waals surface area contributed by atoms with Crippen LogP contribution < -0.4 is 16.6 Å². The van der Waals surface area contributed by atoms with Gasteiger partial charge in [-0.25, -0.2) is 0 Å². The second-order valence-electron chi connectivity index (χ2n) is 7.56. The Morgan fingerprint density at radius 1 is 1.39 bits per heavy atom. The van der Waals surface area contributed by atoms with Crippen LogP contribution >= 0.6 is 0 Å². The van der Waals surface area contributed by atoms with E-state index >= 15 is 0 Å². The standard InChI is InChI=1S/C17H23N3O3/c1-17(2)6-13-10(14(21)7-17)5-11(16(23)20-13)15(22)19-8-12(18)9-3-4-9/h5,9,12H,3-4,6-8,18H2,1-2H3,(H,19,22)(H,20,23). The van der Waals surface area contributed by atoms with Crippen molar-refractivity contribution in [3.8, 4) is 0 Å². The maximum atomic E-state index is 12.3. The van der Waals surface area contributed by atoms with E-state index in [1.54, 1.807) is 0 Å². The number of nitrogens with two attached hydrogens (primary N) is 1. The summed E-state index contributed by atoms with van der Waals surface area (Å²) in [5, 5.41) is 2.70. The first-order chi connectivity index (χ1) is 10.8. The zero-order valence-electron chi connectivity index (χ0n) is 13.6. The molecule has 4 N–H and O–H groups in total. The van der Waals surface area contributed by atoms with Crippen LogP contribution in [-0.4, -0.2) is 29.3 Å². The number of pyridine rings is 1. The van der Waals surface area contributed by atoms with E-state index in [1.165, 1.54) is 6.07 Å². The number of carbonyl (C=O) groups is 2. The van der Waals surface area contributed by atoms with Crippen molar-refractivity contribution in [2.75, 3.05) is 6.54 Å². The Balaban J connectivity index is 1.80. The first-order valence-electron chi connectivity index (χ1n) is 8.10. The molecule has 1 saturated carbocycles. The minimum Gasteiger partial charge on any atom is -0.350 e. The Morgan fingerprint density at radius 3 is 2.74 bits per heavy atom. The normalized spacial score (nSPS) is 20.7. The van der Waals surface area contributed by atoms with E-state index in [1.807, 2.05) is 13.8 Å². The number of hydrogen-bond donors (Lipinski definition) is 3. The van der Waals surface area contributed by atoms with Crippen molar-refractivity contribution in [2.24, 2.45) is 17.1 Å². The molecular formula is C17H23N3O3. The minimum absolute atomic E-state index is 0.0141. The van der Waals surface area contributed by atoms with E-state index in [9.17, 15) is 14.4 Å². The summed E-state index contributed by atoms with van der Waals surface area (Å²) in [5.41, 5.74) is 6.40. The molecule has 1 fully saturated rings. The second kappa shape index (κ2) is 5.60.